The van der Waals surface area contributed by atoms with Gasteiger partial charge >= 0.3 is 0 Å². The van der Waals surface area contributed by atoms with E-state index >= 15 is 0 Å². The number of aliphatic hydroxyl groups is 1. The molecule has 0 aromatic heterocycles. The fraction of sp³-hybridized carbons (Fsp3) is 0.455. The van der Waals surface area contributed by atoms with Gasteiger partial charge in [-0.1, -0.05) is 35.0 Å². The predicted octanol–water partition coefficient (Wildman–Crippen LogP) is 2.54. The van der Waals surface area contributed by atoms with Crippen LogP contribution in [0.1, 0.15) is 17.2 Å². The van der Waals surface area contributed by atoms with Gasteiger partial charge in [-0.15, -0.1) is 0 Å². The van der Waals surface area contributed by atoms with Crippen LogP contribution in [0.4, 0.5) is 0 Å². The van der Waals surface area contributed by atoms with Crippen LogP contribution in [0.5, 0.6) is 0 Å². The molecule has 2 aromatic rings. The molecule has 0 bridgehead atoms. The number of fused-ring (bicyclic) bond motifs is 2. The van der Waals surface area contributed by atoms with Crippen molar-refractivity contribution in [2.75, 3.05) is 51.8 Å². The van der Waals surface area contributed by atoms with Crippen LogP contribution >= 0.6 is 35.0 Å². The van der Waals surface area contributed by atoms with Crippen molar-refractivity contribution < 1.29 is 36.5 Å². The Morgan fingerprint density at radius 2 is 1.38 bits per heavy atom. The molecule has 1 saturated heterocycles. The molecule has 0 spiro atoms. The third-order valence-corrected chi connectivity index (χ3v) is 6.93. The zero-order valence-corrected chi connectivity index (χ0v) is 24.3. The monoisotopic (exact) mass is 618 g/mol. The van der Waals surface area contributed by atoms with Gasteiger partial charge in [0.2, 0.25) is 0 Å². The third-order valence-electron chi connectivity index (χ3n) is 5.25. The summed E-state index contributed by atoms with van der Waals surface area (Å²) in [6.07, 6.45) is 2.37. The molecule has 10 nitrogen and oxygen atoms in total. The predicted molar refractivity (Wildman–Crippen MR) is 147 cm³/mol. The van der Waals surface area contributed by atoms with Crippen LogP contribution in [-0.2, 0) is 26.7 Å². The van der Waals surface area contributed by atoms with Gasteiger partial charge in [0.05, 0.1) is 19.1 Å². The molecule has 1 unspecified atom stereocenters. The van der Waals surface area contributed by atoms with Gasteiger partial charge < -0.3 is 10.6 Å². The lowest BCUT2D eigenvalue weighted by Crippen LogP contribution is -2.48. The van der Waals surface area contributed by atoms with Gasteiger partial charge in [-0.25, -0.2) is 0 Å². The summed E-state index contributed by atoms with van der Waals surface area (Å²) in [6, 6.07) is 12.7. The van der Waals surface area contributed by atoms with Crippen LogP contribution in [0.3, 0.4) is 0 Å². The smallest absolute Gasteiger partial charge is 0.261 e. The fourth-order valence-corrected chi connectivity index (χ4v) is 5.35. The van der Waals surface area contributed by atoms with Crippen LogP contribution in [0, 0.1) is 0 Å². The largest absolute Gasteiger partial charge is 0.412 e. The molecule has 4 rings (SSSR count). The van der Waals surface area contributed by atoms with Crippen molar-refractivity contribution in [2.45, 2.75) is 22.3 Å². The summed E-state index contributed by atoms with van der Waals surface area (Å²) in [4.78, 5) is 7.43. The van der Waals surface area contributed by atoms with E-state index in [0.29, 0.717) is 18.6 Å². The maximum absolute atomic E-state index is 9.19. The first-order valence-electron chi connectivity index (χ1n) is 10.8. The topological polar surface area (TPSA) is 167 Å². The summed E-state index contributed by atoms with van der Waals surface area (Å²) in [5.41, 5.74) is 2.61. The molecule has 2 aromatic carbocycles. The zero-order valence-electron chi connectivity index (χ0n) is 20.3. The van der Waals surface area contributed by atoms with E-state index < -0.39 is 20.2 Å². The Bertz CT molecular complexity index is 1190. The maximum Gasteiger partial charge on any atom is 0.261 e. The number of β-amino-alcohol motifs (C(OH)–C–C–N with tert-alkyl or cyclic N) is 1. The Balaban J connectivity index is 0.000000534. The average molecular weight is 620 g/mol. The molecule has 15 heteroatoms. The van der Waals surface area contributed by atoms with E-state index in [9.17, 15) is 21.9 Å². The number of halogens is 2. The van der Waals surface area contributed by atoms with E-state index in [1.165, 1.54) is 20.9 Å². The minimum atomic E-state index is -3.67. The zero-order chi connectivity index (χ0) is 27.1. The van der Waals surface area contributed by atoms with Gasteiger partial charge in [-0.3, -0.25) is 18.9 Å². The highest BCUT2D eigenvalue weighted by molar-refractivity contribution is 7.99. The highest BCUT2D eigenvalue weighted by Crippen LogP contribution is 2.44. The molecule has 210 valence electrons. The van der Waals surface area contributed by atoms with E-state index in [2.05, 4.69) is 34.1 Å². The van der Waals surface area contributed by atoms with E-state index in [4.69, 9.17) is 32.3 Å². The molecular weight excluding hydrogens is 587 g/mol. The number of hydrogen-bond acceptors (Lipinski definition) is 8. The van der Waals surface area contributed by atoms with Gasteiger partial charge in [0.15, 0.2) is 0 Å². The maximum atomic E-state index is 9.19. The summed E-state index contributed by atoms with van der Waals surface area (Å²) < 4.78 is 51.7. The van der Waals surface area contributed by atoms with Crippen molar-refractivity contribution in [1.82, 2.24) is 9.80 Å². The molecule has 5 N–H and O–H groups in total. The van der Waals surface area contributed by atoms with Gasteiger partial charge in [-0.05, 0) is 53.9 Å². The van der Waals surface area contributed by atoms with Crippen LogP contribution < -0.4 is 0 Å². The number of hydrogen-bond donors (Lipinski definition) is 3. The summed E-state index contributed by atoms with van der Waals surface area (Å²) in [6.45, 7) is 4.96. The number of benzene rings is 2. The molecule has 0 aliphatic carbocycles. The van der Waals surface area contributed by atoms with Crippen molar-refractivity contribution in [1.29, 1.82) is 0 Å². The van der Waals surface area contributed by atoms with Gasteiger partial charge in [-0.2, -0.15) is 16.8 Å². The lowest BCUT2D eigenvalue weighted by Gasteiger charge is -2.39. The van der Waals surface area contributed by atoms with Crippen LogP contribution in [0.2, 0.25) is 10.0 Å². The summed E-state index contributed by atoms with van der Waals surface area (Å²) in [7, 11) is -7.33. The van der Waals surface area contributed by atoms with E-state index in [1.54, 1.807) is 0 Å². The van der Waals surface area contributed by atoms with E-state index in [0.717, 1.165) is 49.2 Å². The van der Waals surface area contributed by atoms with E-state index in [-0.39, 0.29) is 12.1 Å². The van der Waals surface area contributed by atoms with Crippen molar-refractivity contribution in [3.63, 3.8) is 0 Å². The van der Waals surface area contributed by atoms with Gasteiger partial charge in [0.25, 0.3) is 20.2 Å². The number of piperazine rings is 1. The highest BCUT2D eigenvalue weighted by atomic mass is 35.5. The lowest BCUT2D eigenvalue weighted by molar-refractivity contribution is 0.0823. The minimum absolute atomic E-state index is 0. The van der Waals surface area contributed by atoms with Gasteiger partial charge in [0, 0.05) is 58.6 Å². The summed E-state index contributed by atoms with van der Waals surface area (Å²) in [5.74, 6) is 0. The second-order valence-corrected chi connectivity index (χ2v) is 13.2. The van der Waals surface area contributed by atoms with Crippen LogP contribution in [-0.4, -0.2) is 98.2 Å². The van der Waals surface area contributed by atoms with Crippen molar-refractivity contribution in [3.8, 4) is 0 Å². The summed E-state index contributed by atoms with van der Waals surface area (Å²) >= 11 is 14.4. The molecular formula is C22H32Cl2N2O8S3. The summed E-state index contributed by atoms with van der Waals surface area (Å²) in [5, 5.41) is 10.8. The Morgan fingerprint density at radius 1 is 0.892 bits per heavy atom. The molecule has 0 amide bonds. The molecule has 0 saturated carbocycles. The van der Waals surface area contributed by atoms with Crippen molar-refractivity contribution in [3.05, 3.63) is 57.6 Å². The standard InChI is InChI=1S/C20H22Cl2N2OS.2CH4O3S.H2O/c21-15-1-3-19-14(11-15)12-18(17-13-16(22)2-4-20(17)26-19)24-7-5-23(6-8-24)9-10-25;2*1-5(2,3)4;/h1-4,11,13,18,25H,5-10,12H2;2*1H3,(H,2,3,4);1H2. The number of aliphatic hydroxyl groups excluding tert-OH is 1. The molecule has 2 heterocycles. The van der Waals surface area contributed by atoms with Crippen LogP contribution in [0.25, 0.3) is 0 Å². The third kappa shape index (κ3) is 13.1. The quantitative estimate of drug-likeness (QED) is 0.435. The Hall–Kier alpha value is -0.970. The first kappa shape index (κ1) is 34.1. The Kier molecular flexibility index (Phi) is 13.8. The Morgan fingerprint density at radius 3 is 1.89 bits per heavy atom. The van der Waals surface area contributed by atoms with Crippen molar-refractivity contribution in [2.24, 2.45) is 0 Å². The molecule has 2 aliphatic rings. The minimum Gasteiger partial charge on any atom is -0.412 e. The van der Waals surface area contributed by atoms with E-state index in [1.807, 2.05) is 23.9 Å². The second kappa shape index (κ2) is 15.0. The molecule has 37 heavy (non-hydrogen) atoms. The second-order valence-electron chi connectivity index (χ2n) is 8.32. The first-order valence-corrected chi connectivity index (χ1v) is 16.1. The number of nitrogens with zero attached hydrogens (tertiary/aromatic N) is 2. The Labute approximate surface area is 232 Å². The van der Waals surface area contributed by atoms with Gasteiger partial charge in [0.1, 0.15) is 0 Å². The molecule has 1 fully saturated rings. The number of rotatable bonds is 3. The molecule has 0 radical (unpaired) electrons. The lowest BCUT2D eigenvalue weighted by atomic mass is 9.96. The molecule has 2 aliphatic heterocycles. The average Bonchev–Trinajstić information content (AvgIpc) is 2.88. The molecule has 1 atom stereocenters. The SMILES string of the molecule is CS(=O)(=O)O.CS(=O)(=O)O.O.OCCN1CCN(C2Cc3cc(Cl)ccc3Sc3ccc(Cl)cc32)CC1. The normalized spacial score (nSPS) is 18.0. The fourth-order valence-electron chi connectivity index (χ4n) is 3.88. The van der Waals surface area contributed by atoms with Crippen molar-refractivity contribution >= 4 is 55.2 Å². The first-order chi connectivity index (χ1) is 16.6. The van der Waals surface area contributed by atoms with Crippen LogP contribution in [0.15, 0.2) is 46.2 Å². The highest BCUT2D eigenvalue weighted by Gasteiger charge is 2.30.